The normalized spacial score (nSPS) is 10.8. The molecule has 0 aliphatic carbocycles. The average Bonchev–Trinajstić information content (AvgIpc) is 2.76. The van der Waals surface area contributed by atoms with Crippen LogP contribution < -0.4 is 5.32 Å². The summed E-state index contributed by atoms with van der Waals surface area (Å²) in [5.74, 6) is 0.958. The van der Waals surface area contributed by atoms with E-state index in [1.54, 1.807) is 0 Å². The van der Waals surface area contributed by atoms with Gasteiger partial charge in [-0.1, -0.05) is 36.5 Å². The topological polar surface area (TPSA) is 40.7 Å². The summed E-state index contributed by atoms with van der Waals surface area (Å²) in [5, 5.41) is 4.63. The van der Waals surface area contributed by atoms with Crippen LogP contribution >= 0.6 is 45.8 Å². The second kappa shape index (κ2) is 7.52. The molecule has 3 nitrogen and oxygen atoms in total. The lowest BCUT2D eigenvalue weighted by Gasteiger charge is -2.08. The molecule has 0 aliphatic heterocycles. The maximum atomic E-state index is 6.15. The summed E-state index contributed by atoms with van der Waals surface area (Å²) in [7, 11) is 0. The number of nitrogens with zero attached hydrogens (tertiary/aromatic N) is 1. The van der Waals surface area contributed by atoms with Crippen molar-refractivity contribution < 1.29 is 0 Å². The molecule has 0 bridgehead atoms. The highest BCUT2D eigenvalue weighted by Crippen LogP contribution is 2.23. The number of aromatic nitrogens is 2. The summed E-state index contributed by atoms with van der Waals surface area (Å²) in [5.41, 5.74) is 1.96. The Morgan fingerprint density at radius 1 is 1.35 bits per heavy atom. The first-order chi connectivity index (χ1) is 9.60. The van der Waals surface area contributed by atoms with Crippen molar-refractivity contribution in [2.75, 3.05) is 5.32 Å². The Labute approximate surface area is 142 Å². The predicted octanol–water partition coefficient (Wildman–Crippen LogP) is 5.28. The molecular weight excluding hydrogens is 408 g/mol. The largest absolute Gasteiger partial charge is 0.378 e. The molecule has 6 heteroatoms. The third kappa shape index (κ3) is 4.27. The van der Waals surface area contributed by atoms with Crippen LogP contribution in [0, 0.1) is 3.57 Å². The lowest BCUT2D eigenvalue weighted by molar-refractivity contribution is 0.760. The molecule has 0 amide bonds. The van der Waals surface area contributed by atoms with Crippen LogP contribution in [-0.2, 0) is 13.0 Å². The zero-order valence-corrected chi connectivity index (χ0v) is 14.8. The Balaban J connectivity index is 2.01. The zero-order chi connectivity index (χ0) is 14.5. The highest BCUT2D eigenvalue weighted by molar-refractivity contribution is 14.1. The number of H-pyrrole nitrogens is 1. The first-order valence-electron chi connectivity index (χ1n) is 6.52. The van der Waals surface area contributed by atoms with Gasteiger partial charge in [0.15, 0.2) is 5.15 Å². The van der Waals surface area contributed by atoms with Crippen molar-refractivity contribution in [1.29, 1.82) is 0 Å². The number of aryl methyl sites for hydroxylation is 1. The van der Waals surface area contributed by atoms with Gasteiger partial charge in [-0.05, 0) is 47.2 Å². The highest BCUT2D eigenvalue weighted by atomic mass is 127. The van der Waals surface area contributed by atoms with Crippen LogP contribution in [0.5, 0.6) is 0 Å². The summed E-state index contributed by atoms with van der Waals surface area (Å²) >= 11 is 14.3. The number of rotatable bonds is 6. The predicted molar refractivity (Wildman–Crippen MR) is 93.7 cm³/mol. The van der Waals surface area contributed by atoms with Gasteiger partial charge in [0.05, 0.1) is 12.2 Å². The number of hydrogen-bond acceptors (Lipinski definition) is 2. The van der Waals surface area contributed by atoms with E-state index in [1.165, 1.54) is 0 Å². The molecule has 0 unspecified atom stereocenters. The number of unbranched alkanes of at least 4 members (excludes halogenated alkanes) is 1. The molecule has 0 spiro atoms. The van der Waals surface area contributed by atoms with Gasteiger partial charge >= 0.3 is 0 Å². The summed E-state index contributed by atoms with van der Waals surface area (Å²) in [6.07, 6.45) is 3.20. The van der Waals surface area contributed by atoms with Gasteiger partial charge < -0.3 is 10.3 Å². The maximum absolute atomic E-state index is 6.15. The van der Waals surface area contributed by atoms with Crippen LogP contribution in [0.25, 0.3) is 0 Å². The van der Waals surface area contributed by atoms with Gasteiger partial charge in [0.1, 0.15) is 5.82 Å². The van der Waals surface area contributed by atoms with Gasteiger partial charge in [-0.3, -0.25) is 0 Å². The zero-order valence-electron chi connectivity index (χ0n) is 11.1. The number of imidazole rings is 1. The Bertz CT molecular complexity index is 584. The Hall–Kier alpha value is -0.460. The SMILES string of the molecule is CCCCc1nc(Cl)c(CNc2ccc(Cl)cc2I)[nH]1. The summed E-state index contributed by atoms with van der Waals surface area (Å²) in [6.45, 7) is 2.78. The second-order valence-electron chi connectivity index (χ2n) is 4.53. The molecular formula is C14H16Cl2IN3. The molecule has 0 fully saturated rings. The molecule has 1 aromatic heterocycles. The van der Waals surface area contributed by atoms with Crippen LogP contribution in [0.2, 0.25) is 10.2 Å². The van der Waals surface area contributed by atoms with E-state index >= 15 is 0 Å². The van der Waals surface area contributed by atoms with Crippen LogP contribution in [0.15, 0.2) is 18.2 Å². The molecule has 0 saturated carbocycles. The minimum atomic E-state index is 0.549. The minimum Gasteiger partial charge on any atom is -0.378 e. The molecule has 0 aliphatic rings. The fraction of sp³-hybridized carbons (Fsp3) is 0.357. The first-order valence-corrected chi connectivity index (χ1v) is 8.35. The van der Waals surface area contributed by atoms with E-state index in [0.717, 1.165) is 45.1 Å². The van der Waals surface area contributed by atoms with Crippen molar-refractivity contribution in [2.24, 2.45) is 0 Å². The molecule has 20 heavy (non-hydrogen) atoms. The fourth-order valence-corrected chi connectivity index (χ4v) is 3.11. The molecule has 0 atom stereocenters. The van der Waals surface area contributed by atoms with E-state index in [2.05, 4.69) is 44.8 Å². The molecule has 1 heterocycles. The smallest absolute Gasteiger partial charge is 0.152 e. The van der Waals surface area contributed by atoms with Crippen LogP contribution in [0.1, 0.15) is 31.3 Å². The van der Waals surface area contributed by atoms with Crippen molar-refractivity contribution in [1.82, 2.24) is 9.97 Å². The molecule has 2 N–H and O–H groups in total. The molecule has 2 rings (SSSR count). The number of hydrogen-bond donors (Lipinski definition) is 2. The van der Waals surface area contributed by atoms with Crippen molar-refractivity contribution in [2.45, 2.75) is 32.7 Å². The number of nitrogens with one attached hydrogen (secondary N) is 2. The van der Waals surface area contributed by atoms with Crippen molar-refractivity contribution in [3.63, 3.8) is 0 Å². The monoisotopic (exact) mass is 423 g/mol. The van der Waals surface area contributed by atoms with Gasteiger partial charge in [0.2, 0.25) is 0 Å². The van der Waals surface area contributed by atoms with E-state index in [1.807, 2.05) is 18.2 Å². The van der Waals surface area contributed by atoms with Gasteiger partial charge in [0.25, 0.3) is 0 Å². The fourth-order valence-electron chi connectivity index (χ4n) is 1.84. The summed E-state index contributed by atoms with van der Waals surface area (Å²) < 4.78 is 1.08. The molecule has 108 valence electrons. The van der Waals surface area contributed by atoms with E-state index in [-0.39, 0.29) is 0 Å². The first kappa shape index (κ1) is 15.9. The van der Waals surface area contributed by atoms with Crippen molar-refractivity contribution in [3.8, 4) is 0 Å². The quantitative estimate of drug-likeness (QED) is 0.621. The van der Waals surface area contributed by atoms with Gasteiger partial charge in [-0.25, -0.2) is 4.98 Å². The number of anilines is 1. The van der Waals surface area contributed by atoms with E-state index < -0.39 is 0 Å². The van der Waals surface area contributed by atoms with Gasteiger partial charge in [-0.2, -0.15) is 0 Å². The molecule has 0 saturated heterocycles. The lowest BCUT2D eigenvalue weighted by atomic mass is 10.2. The molecule has 0 radical (unpaired) electrons. The van der Waals surface area contributed by atoms with Crippen molar-refractivity contribution in [3.05, 3.63) is 43.5 Å². The minimum absolute atomic E-state index is 0.549. The summed E-state index contributed by atoms with van der Waals surface area (Å²) in [4.78, 5) is 7.63. The standard InChI is InChI=1S/C14H16Cl2IN3/c1-2-3-4-13-19-12(14(16)20-13)8-18-11-6-5-9(15)7-10(11)17/h5-7,18H,2-4,8H2,1H3,(H,19,20). The van der Waals surface area contributed by atoms with E-state index in [9.17, 15) is 0 Å². The van der Waals surface area contributed by atoms with E-state index in [4.69, 9.17) is 23.2 Å². The van der Waals surface area contributed by atoms with Crippen LogP contribution in [0.3, 0.4) is 0 Å². The third-order valence-corrected chi connectivity index (χ3v) is 4.37. The van der Waals surface area contributed by atoms with E-state index in [0.29, 0.717) is 11.7 Å². The third-order valence-electron chi connectivity index (χ3n) is 2.93. The molecule has 2 aromatic rings. The second-order valence-corrected chi connectivity index (χ2v) is 6.49. The van der Waals surface area contributed by atoms with Crippen LogP contribution in [-0.4, -0.2) is 9.97 Å². The average molecular weight is 424 g/mol. The Morgan fingerprint density at radius 2 is 2.15 bits per heavy atom. The number of benzene rings is 1. The molecule has 1 aromatic carbocycles. The number of halogens is 3. The van der Waals surface area contributed by atoms with Gasteiger partial charge in [-0.15, -0.1) is 0 Å². The Kier molecular flexibility index (Phi) is 5.99. The number of aromatic amines is 1. The lowest BCUT2D eigenvalue weighted by Crippen LogP contribution is -2.02. The van der Waals surface area contributed by atoms with Crippen LogP contribution in [0.4, 0.5) is 5.69 Å². The maximum Gasteiger partial charge on any atom is 0.152 e. The highest BCUT2D eigenvalue weighted by Gasteiger charge is 2.08. The van der Waals surface area contributed by atoms with Crippen molar-refractivity contribution >= 4 is 51.5 Å². The summed E-state index contributed by atoms with van der Waals surface area (Å²) in [6, 6.07) is 5.76. The Morgan fingerprint density at radius 3 is 2.85 bits per heavy atom. The van der Waals surface area contributed by atoms with Gasteiger partial charge in [0, 0.05) is 20.7 Å².